The van der Waals surface area contributed by atoms with Crippen LogP contribution in [0.5, 0.6) is 0 Å². The summed E-state index contributed by atoms with van der Waals surface area (Å²) >= 11 is 0. The number of hydrogen-bond acceptors (Lipinski definition) is 1. The fourth-order valence-corrected chi connectivity index (χ4v) is 5.08. The van der Waals surface area contributed by atoms with Gasteiger partial charge < -0.3 is 0 Å². The van der Waals surface area contributed by atoms with Gasteiger partial charge in [0.2, 0.25) is 0 Å². The maximum Gasteiger partial charge on any atom is 0.0977 e. The van der Waals surface area contributed by atoms with E-state index in [2.05, 4.69) is 108 Å². The topological polar surface area (TPSA) is 3.24 Å². The smallest absolute Gasteiger partial charge is 0.0977 e. The molecule has 3 aliphatic rings. The van der Waals surface area contributed by atoms with Crippen LogP contribution in [-0.4, -0.2) is 17.5 Å². The molecule has 2 heterocycles. The van der Waals surface area contributed by atoms with E-state index in [-0.39, 0.29) is 5.54 Å². The Balaban J connectivity index is 1.82. The van der Waals surface area contributed by atoms with Gasteiger partial charge in [-0.25, -0.2) is 0 Å². The number of benzene rings is 3. The maximum atomic E-state index is 2.75. The summed E-state index contributed by atoms with van der Waals surface area (Å²) in [4.78, 5) is 2.75. The zero-order chi connectivity index (χ0) is 18.1. The molecule has 0 radical (unpaired) electrons. The highest BCUT2D eigenvalue weighted by Gasteiger charge is 2.47. The number of piperidine rings is 1. The maximum absolute atomic E-state index is 2.75. The molecule has 2 atom stereocenters. The van der Waals surface area contributed by atoms with Crippen LogP contribution in [0, 0.1) is 5.92 Å². The SMILES string of the molecule is C1=CC2CCC1CN2C(c1ccccc1)(c1ccccc1)c1ccccc1. The number of hydrogen-bond donors (Lipinski definition) is 0. The van der Waals surface area contributed by atoms with Crippen LogP contribution in [0.25, 0.3) is 0 Å². The van der Waals surface area contributed by atoms with Crippen LogP contribution in [0.3, 0.4) is 0 Å². The van der Waals surface area contributed by atoms with Gasteiger partial charge in [0.15, 0.2) is 0 Å². The molecule has 0 saturated carbocycles. The van der Waals surface area contributed by atoms with Crippen molar-refractivity contribution in [1.82, 2.24) is 4.90 Å². The summed E-state index contributed by atoms with van der Waals surface area (Å²) in [5.74, 6) is 0.658. The minimum atomic E-state index is -0.266. The summed E-state index contributed by atoms with van der Waals surface area (Å²) in [6.45, 7) is 1.11. The molecule has 27 heavy (non-hydrogen) atoms. The van der Waals surface area contributed by atoms with E-state index in [1.165, 1.54) is 29.5 Å². The Hall–Kier alpha value is -2.64. The molecule has 134 valence electrons. The number of rotatable bonds is 4. The Kier molecular flexibility index (Phi) is 4.18. The predicted octanol–water partition coefficient (Wildman–Crippen LogP) is 5.63. The van der Waals surface area contributed by atoms with Gasteiger partial charge in [0.1, 0.15) is 0 Å². The first-order chi connectivity index (χ1) is 13.4. The van der Waals surface area contributed by atoms with Crippen LogP contribution < -0.4 is 0 Å². The lowest BCUT2D eigenvalue weighted by molar-refractivity contribution is 0.0591. The van der Waals surface area contributed by atoms with Crippen LogP contribution in [0.2, 0.25) is 0 Å². The zero-order valence-corrected chi connectivity index (χ0v) is 15.5. The van der Waals surface area contributed by atoms with Crippen molar-refractivity contribution in [2.24, 2.45) is 5.92 Å². The van der Waals surface area contributed by atoms with Crippen LogP contribution in [0.4, 0.5) is 0 Å². The largest absolute Gasteiger partial charge is 0.279 e. The van der Waals surface area contributed by atoms with E-state index in [1.54, 1.807) is 0 Å². The van der Waals surface area contributed by atoms with E-state index in [0.29, 0.717) is 12.0 Å². The quantitative estimate of drug-likeness (QED) is 0.435. The van der Waals surface area contributed by atoms with E-state index in [9.17, 15) is 0 Å². The normalized spacial score (nSPS) is 22.1. The first-order valence-electron chi connectivity index (χ1n) is 10.0. The van der Waals surface area contributed by atoms with Gasteiger partial charge in [-0.05, 0) is 35.4 Å². The van der Waals surface area contributed by atoms with Crippen LogP contribution in [0.15, 0.2) is 103 Å². The van der Waals surface area contributed by atoms with E-state index in [4.69, 9.17) is 0 Å². The molecule has 0 N–H and O–H groups in total. The molecule has 2 bridgehead atoms. The first-order valence-corrected chi connectivity index (χ1v) is 10.0. The molecule has 3 aromatic rings. The van der Waals surface area contributed by atoms with Crippen molar-refractivity contribution >= 4 is 0 Å². The zero-order valence-electron chi connectivity index (χ0n) is 15.5. The molecule has 1 saturated heterocycles. The Morgan fingerprint density at radius 3 is 1.41 bits per heavy atom. The predicted molar refractivity (Wildman–Crippen MR) is 112 cm³/mol. The summed E-state index contributed by atoms with van der Waals surface area (Å²) in [7, 11) is 0. The van der Waals surface area contributed by atoms with Gasteiger partial charge in [0.05, 0.1) is 5.54 Å². The molecule has 0 spiro atoms. The molecule has 6 rings (SSSR count). The molecule has 0 aromatic heterocycles. The van der Waals surface area contributed by atoms with Gasteiger partial charge in [0, 0.05) is 12.6 Å². The van der Waals surface area contributed by atoms with Crippen molar-refractivity contribution in [2.75, 3.05) is 6.54 Å². The summed E-state index contributed by atoms with van der Waals surface area (Å²) in [5.41, 5.74) is 3.78. The number of nitrogens with zero attached hydrogens (tertiary/aromatic N) is 1. The second-order valence-corrected chi connectivity index (χ2v) is 7.75. The van der Waals surface area contributed by atoms with Crippen LogP contribution in [0.1, 0.15) is 29.5 Å². The lowest BCUT2D eigenvalue weighted by Crippen LogP contribution is -2.57. The Bertz CT molecular complexity index is 818. The lowest BCUT2D eigenvalue weighted by atomic mass is 9.71. The standard InChI is InChI=1S/C26H25N/c1-4-10-22(11-5-1)26(23-12-6-2-7-13-23,24-14-8-3-9-15-24)27-20-21-16-18-25(27)19-17-21/h1-16,18,21,25H,17,19-20H2. The molecule has 1 fully saturated rings. The van der Waals surface area contributed by atoms with E-state index >= 15 is 0 Å². The molecule has 1 nitrogen and oxygen atoms in total. The fraction of sp³-hybridized carbons (Fsp3) is 0.231. The molecule has 3 aromatic carbocycles. The average molecular weight is 351 g/mol. The van der Waals surface area contributed by atoms with E-state index < -0.39 is 0 Å². The van der Waals surface area contributed by atoms with Crippen molar-refractivity contribution in [3.05, 3.63) is 120 Å². The molecule has 2 aliphatic heterocycles. The van der Waals surface area contributed by atoms with Gasteiger partial charge in [-0.15, -0.1) is 0 Å². The molecule has 0 amide bonds. The van der Waals surface area contributed by atoms with Gasteiger partial charge in [0.25, 0.3) is 0 Å². The Morgan fingerprint density at radius 1 is 0.593 bits per heavy atom. The van der Waals surface area contributed by atoms with Crippen molar-refractivity contribution in [3.63, 3.8) is 0 Å². The average Bonchev–Trinajstić information content (AvgIpc) is 2.78. The van der Waals surface area contributed by atoms with Gasteiger partial charge >= 0.3 is 0 Å². The minimum absolute atomic E-state index is 0.266. The van der Waals surface area contributed by atoms with Crippen LogP contribution >= 0.6 is 0 Å². The first kappa shape index (κ1) is 16.5. The fourth-order valence-electron chi connectivity index (χ4n) is 5.08. The monoisotopic (exact) mass is 351 g/mol. The van der Waals surface area contributed by atoms with Gasteiger partial charge in [-0.1, -0.05) is 103 Å². The molecular weight excluding hydrogens is 326 g/mol. The minimum Gasteiger partial charge on any atom is -0.279 e. The molecule has 1 aliphatic carbocycles. The second-order valence-electron chi connectivity index (χ2n) is 7.75. The highest BCUT2D eigenvalue weighted by molar-refractivity contribution is 5.50. The van der Waals surface area contributed by atoms with Gasteiger partial charge in [-0.2, -0.15) is 0 Å². The van der Waals surface area contributed by atoms with Crippen molar-refractivity contribution < 1.29 is 0 Å². The highest BCUT2D eigenvalue weighted by Crippen LogP contribution is 2.47. The molecular formula is C26H25N. The number of fused-ring (bicyclic) bond motifs is 2. The lowest BCUT2D eigenvalue weighted by Gasteiger charge is -2.53. The third kappa shape index (κ3) is 2.65. The van der Waals surface area contributed by atoms with E-state index in [0.717, 1.165) is 6.54 Å². The highest BCUT2D eigenvalue weighted by atomic mass is 15.2. The third-order valence-electron chi connectivity index (χ3n) is 6.28. The molecule has 2 unspecified atom stereocenters. The Labute approximate surface area is 162 Å². The van der Waals surface area contributed by atoms with Gasteiger partial charge in [-0.3, -0.25) is 4.90 Å². The van der Waals surface area contributed by atoms with Crippen molar-refractivity contribution in [3.8, 4) is 0 Å². The molecule has 1 heteroatoms. The summed E-state index contributed by atoms with van der Waals surface area (Å²) < 4.78 is 0. The van der Waals surface area contributed by atoms with Crippen molar-refractivity contribution in [2.45, 2.75) is 24.4 Å². The van der Waals surface area contributed by atoms with Crippen molar-refractivity contribution in [1.29, 1.82) is 0 Å². The summed E-state index contributed by atoms with van der Waals surface area (Å²) in [5, 5.41) is 0. The van der Waals surface area contributed by atoms with E-state index in [1.807, 2.05) is 0 Å². The summed E-state index contributed by atoms with van der Waals surface area (Å²) in [6, 6.07) is 33.7. The Morgan fingerprint density at radius 2 is 1.07 bits per heavy atom. The summed E-state index contributed by atoms with van der Waals surface area (Å²) in [6.07, 6.45) is 7.44. The van der Waals surface area contributed by atoms with Crippen LogP contribution in [-0.2, 0) is 5.54 Å². The third-order valence-corrected chi connectivity index (χ3v) is 6.28. The second kappa shape index (κ2) is 6.83.